The zero-order valence-electron chi connectivity index (χ0n) is 11.4. The number of nitrogens with zero attached hydrogens (tertiary/aromatic N) is 1. The summed E-state index contributed by atoms with van der Waals surface area (Å²) in [4.78, 5) is 0.0483. The van der Waals surface area contributed by atoms with E-state index in [4.69, 9.17) is 11.6 Å². The molecular formula is C12H14ClFN4O2S. The van der Waals surface area contributed by atoms with Gasteiger partial charge in [-0.05, 0) is 32.2 Å². The second-order valence-electron chi connectivity index (χ2n) is 4.39. The minimum atomic E-state index is -3.88. The number of halogens is 2. The van der Waals surface area contributed by atoms with Gasteiger partial charge in [-0.1, -0.05) is 11.6 Å². The summed E-state index contributed by atoms with van der Waals surface area (Å²) in [6.45, 7) is 1.89. The normalized spacial score (nSPS) is 11.6. The van der Waals surface area contributed by atoms with Gasteiger partial charge in [0.1, 0.15) is 10.7 Å². The van der Waals surface area contributed by atoms with Gasteiger partial charge in [-0.2, -0.15) is 5.10 Å². The Bertz CT molecular complexity index is 761. The van der Waals surface area contributed by atoms with Gasteiger partial charge in [-0.25, -0.2) is 12.8 Å². The maximum atomic E-state index is 13.4. The molecule has 2 rings (SSSR count). The van der Waals surface area contributed by atoms with E-state index in [2.05, 4.69) is 20.2 Å². The van der Waals surface area contributed by atoms with Gasteiger partial charge in [-0.3, -0.25) is 9.82 Å². The molecule has 0 unspecified atom stereocenters. The topological polar surface area (TPSA) is 86.9 Å². The lowest BCUT2D eigenvalue weighted by Crippen LogP contribution is -2.17. The summed E-state index contributed by atoms with van der Waals surface area (Å²) in [6.07, 6.45) is 0. The van der Waals surface area contributed by atoms with Crippen LogP contribution < -0.4 is 10.0 Å². The first kappa shape index (κ1) is 15.7. The van der Waals surface area contributed by atoms with Crippen molar-refractivity contribution in [3.05, 3.63) is 40.4 Å². The summed E-state index contributed by atoms with van der Waals surface area (Å²) >= 11 is 5.57. The van der Waals surface area contributed by atoms with E-state index in [1.165, 1.54) is 12.1 Å². The number of anilines is 1. The molecule has 0 aliphatic heterocycles. The van der Waals surface area contributed by atoms with Gasteiger partial charge in [0.15, 0.2) is 0 Å². The summed E-state index contributed by atoms with van der Waals surface area (Å²) in [5.41, 5.74) is 0.854. The van der Waals surface area contributed by atoms with E-state index in [1.807, 2.05) is 0 Å². The van der Waals surface area contributed by atoms with Crippen molar-refractivity contribution in [1.29, 1.82) is 0 Å². The molecule has 0 saturated carbocycles. The minimum Gasteiger partial charge on any atom is -0.314 e. The molecular weight excluding hydrogens is 319 g/mol. The fourth-order valence-electron chi connectivity index (χ4n) is 1.88. The van der Waals surface area contributed by atoms with Crippen LogP contribution >= 0.6 is 11.6 Å². The minimum absolute atomic E-state index is 0.0483. The van der Waals surface area contributed by atoms with Crippen molar-refractivity contribution >= 4 is 27.3 Å². The van der Waals surface area contributed by atoms with Crippen molar-refractivity contribution in [2.24, 2.45) is 0 Å². The molecule has 1 aromatic heterocycles. The van der Waals surface area contributed by atoms with Crippen LogP contribution in [-0.4, -0.2) is 25.7 Å². The van der Waals surface area contributed by atoms with Gasteiger partial charge in [0.25, 0.3) is 10.0 Å². The van der Waals surface area contributed by atoms with Gasteiger partial charge >= 0.3 is 0 Å². The van der Waals surface area contributed by atoms with Crippen molar-refractivity contribution in [2.75, 3.05) is 11.8 Å². The monoisotopic (exact) mass is 332 g/mol. The molecule has 2 aromatic rings. The number of H-pyrrole nitrogens is 1. The number of aromatic nitrogens is 2. The van der Waals surface area contributed by atoms with E-state index < -0.39 is 15.8 Å². The second kappa shape index (κ2) is 6.00. The fourth-order valence-corrected chi connectivity index (χ4v) is 3.41. The van der Waals surface area contributed by atoms with Gasteiger partial charge in [0.05, 0.1) is 22.1 Å². The highest BCUT2D eigenvalue weighted by Gasteiger charge is 2.24. The molecule has 21 heavy (non-hydrogen) atoms. The largest absolute Gasteiger partial charge is 0.314 e. The van der Waals surface area contributed by atoms with Gasteiger partial charge in [0, 0.05) is 6.54 Å². The van der Waals surface area contributed by atoms with Crippen LogP contribution in [-0.2, 0) is 16.6 Å². The van der Waals surface area contributed by atoms with E-state index >= 15 is 0 Å². The van der Waals surface area contributed by atoms with Gasteiger partial charge in [-0.15, -0.1) is 0 Å². The van der Waals surface area contributed by atoms with Crippen molar-refractivity contribution in [1.82, 2.24) is 15.5 Å². The van der Waals surface area contributed by atoms with Gasteiger partial charge < -0.3 is 5.32 Å². The molecule has 3 N–H and O–H groups in total. The predicted octanol–water partition coefficient (Wildman–Crippen LogP) is 2.03. The number of hydrogen-bond donors (Lipinski definition) is 3. The number of aryl methyl sites for hydroxylation is 1. The number of benzene rings is 1. The molecule has 1 heterocycles. The van der Waals surface area contributed by atoms with E-state index in [9.17, 15) is 12.8 Å². The molecule has 0 atom stereocenters. The first-order valence-corrected chi connectivity index (χ1v) is 7.87. The Morgan fingerprint density at radius 1 is 1.43 bits per heavy atom. The van der Waals surface area contributed by atoms with Gasteiger partial charge in [0.2, 0.25) is 0 Å². The molecule has 0 bridgehead atoms. The number of rotatable bonds is 5. The van der Waals surface area contributed by atoms with Crippen LogP contribution in [0.2, 0.25) is 5.02 Å². The van der Waals surface area contributed by atoms with Crippen molar-refractivity contribution in [2.45, 2.75) is 18.4 Å². The lowest BCUT2D eigenvalue weighted by molar-refractivity contribution is 0.598. The Kier molecular flexibility index (Phi) is 4.50. The van der Waals surface area contributed by atoms with Crippen LogP contribution in [0.4, 0.5) is 10.1 Å². The summed E-state index contributed by atoms with van der Waals surface area (Å²) in [6, 6.07) is 3.69. The summed E-state index contributed by atoms with van der Waals surface area (Å²) in [5.74, 6) is -0.698. The molecule has 0 spiro atoms. The van der Waals surface area contributed by atoms with Crippen LogP contribution in [0.3, 0.4) is 0 Å². The molecule has 0 radical (unpaired) electrons. The van der Waals surface area contributed by atoms with Crippen LogP contribution in [0.25, 0.3) is 0 Å². The fraction of sp³-hybridized carbons (Fsp3) is 0.250. The van der Waals surface area contributed by atoms with Crippen LogP contribution in [0.15, 0.2) is 23.1 Å². The standard InChI is InChI=1S/C12H14ClFN4O2S/c1-7-12(11(6-15-2)17-16-7)21(19,20)18-8-3-4-9(13)10(14)5-8/h3-5,15,18H,6H2,1-2H3,(H,16,17). The third kappa shape index (κ3) is 3.34. The average molecular weight is 333 g/mol. The van der Waals surface area contributed by atoms with Crippen LogP contribution in [0.1, 0.15) is 11.4 Å². The summed E-state index contributed by atoms with van der Waals surface area (Å²) < 4.78 is 40.5. The Labute approximate surface area is 126 Å². The molecule has 114 valence electrons. The third-order valence-corrected chi connectivity index (χ3v) is 4.64. The lowest BCUT2D eigenvalue weighted by atomic mass is 10.3. The highest BCUT2D eigenvalue weighted by atomic mass is 35.5. The molecule has 9 heteroatoms. The highest BCUT2D eigenvalue weighted by molar-refractivity contribution is 7.92. The maximum Gasteiger partial charge on any atom is 0.265 e. The quantitative estimate of drug-likeness (QED) is 0.782. The molecule has 1 aromatic carbocycles. The number of sulfonamides is 1. The molecule has 0 aliphatic rings. The Morgan fingerprint density at radius 3 is 2.76 bits per heavy atom. The first-order valence-electron chi connectivity index (χ1n) is 6.01. The lowest BCUT2D eigenvalue weighted by Gasteiger charge is -2.09. The molecule has 0 fully saturated rings. The zero-order valence-corrected chi connectivity index (χ0v) is 12.9. The van der Waals surface area contributed by atoms with Crippen molar-refractivity contribution < 1.29 is 12.8 Å². The smallest absolute Gasteiger partial charge is 0.265 e. The van der Waals surface area contributed by atoms with Crippen molar-refractivity contribution in [3.8, 4) is 0 Å². The van der Waals surface area contributed by atoms with Crippen LogP contribution in [0.5, 0.6) is 0 Å². The Balaban J connectivity index is 2.38. The second-order valence-corrected chi connectivity index (χ2v) is 6.42. The van der Waals surface area contributed by atoms with E-state index in [1.54, 1.807) is 14.0 Å². The highest BCUT2D eigenvalue weighted by Crippen LogP contribution is 2.24. The summed E-state index contributed by atoms with van der Waals surface area (Å²) in [5, 5.41) is 9.34. The van der Waals surface area contributed by atoms with E-state index in [-0.39, 0.29) is 22.2 Å². The molecule has 0 saturated heterocycles. The van der Waals surface area contributed by atoms with E-state index in [0.29, 0.717) is 11.4 Å². The number of nitrogens with one attached hydrogen (secondary N) is 3. The predicted molar refractivity (Wildman–Crippen MR) is 78.3 cm³/mol. The molecule has 0 aliphatic carbocycles. The first-order chi connectivity index (χ1) is 9.85. The Morgan fingerprint density at radius 2 is 2.14 bits per heavy atom. The van der Waals surface area contributed by atoms with Crippen LogP contribution in [0, 0.1) is 12.7 Å². The third-order valence-electron chi connectivity index (χ3n) is 2.75. The average Bonchev–Trinajstić information content (AvgIpc) is 2.76. The molecule has 6 nitrogen and oxygen atoms in total. The number of aromatic amines is 1. The molecule has 0 amide bonds. The van der Waals surface area contributed by atoms with Crippen molar-refractivity contribution in [3.63, 3.8) is 0 Å². The SMILES string of the molecule is CNCc1n[nH]c(C)c1S(=O)(=O)Nc1ccc(Cl)c(F)c1. The Hall–Kier alpha value is -1.64. The zero-order chi connectivity index (χ0) is 15.6. The summed E-state index contributed by atoms with van der Waals surface area (Å²) in [7, 11) is -2.19. The maximum absolute atomic E-state index is 13.4. The van der Waals surface area contributed by atoms with E-state index in [0.717, 1.165) is 6.07 Å². The number of hydrogen-bond acceptors (Lipinski definition) is 4.